The smallest absolute Gasteiger partial charge is 0.339 e. The maximum absolute atomic E-state index is 11.7. The minimum atomic E-state index is -0.425. The van der Waals surface area contributed by atoms with E-state index in [4.69, 9.17) is 14.2 Å². The fraction of sp³-hybridized carbons (Fsp3) is 0.231. The van der Waals surface area contributed by atoms with Gasteiger partial charge in [-0.15, -0.1) is 4.98 Å². The van der Waals surface area contributed by atoms with Crippen LogP contribution in [0.4, 0.5) is 0 Å². The molecule has 0 spiro atoms. The molecule has 0 radical (unpaired) electrons. The molecule has 8 heteroatoms. The molecule has 0 saturated carbocycles. The molecule has 2 rings (SSSR count). The summed E-state index contributed by atoms with van der Waals surface area (Å²) in [6, 6.07) is 7.29. The topological polar surface area (TPSA) is 83.4 Å². The number of ether oxygens (including phenoxy) is 3. The number of aromatic nitrogens is 3. The first-order valence-electron chi connectivity index (χ1n) is 5.87. The highest BCUT2D eigenvalue weighted by Crippen LogP contribution is 2.29. The first kappa shape index (κ1) is 15.0. The van der Waals surface area contributed by atoms with Gasteiger partial charge in [0.1, 0.15) is 0 Å². The highest BCUT2D eigenvalue weighted by Gasteiger charge is 2.15. The molecule has 0 aliphatic carbocycles. The summed E-state index contributed by atoms with van der Waals surface area (Å²) in [5, 5.41) is 0.357. The second-order valence-electron chi connectivity index (χ2n) is 3.68. The fourth-order valence-corrected chi connectivity index (χ4v) is 2.33. The third kappa shape index (κ3) is 3.60. The summed E-state index contributed by atoms with van der Waals surface area (Å²) in [5.74, 6) is -0.425. The molecule has 1 aromatic heterocycles. The lowest BCUT2D eigenvalue weighted by Crippen LogP contribution is -2.04. The number of benzene rings is 1. The van der Waals surface area contributed by atoms with Crippen molar-refractivity contribution in [3.05, 3.63) is 29.8 Å². The Kier molecular flexibility index (Phi) is 4.94. The van der Waals surface area contributed by atoms with Crippen molar-refractivity contribution in [3.8, 4) is 12.0 Å². The average Bonchev–Trinajstić information content (AvgIpc) is 2.54. The molecule has 0 aliphatic rings. The Morgan fingerprint density at radius 3 is 2.19 bits per heavy atom. The van der Waals surface area contributed by atoms with Crippen molar-refractivity contribution in [2.24, 2.45) is 0 Å². The van der Waals surface area contributed by atoms with E-state index in [-0.39, 0.29) is 12.0 Å². The summed E-state index contributed by atoms with van der Waals surface area (Å²) in [5.41, 5.74) is 0.434. The number of carbonyl (C=O) groups is 1. The molecule has 7 nitrogen and oxygen atoms in total. The van der Waals surface area contributed by atoms with E-state index in [1.807, 2.05) is 6.07 Å². The molecule has 0 atom stereocenters. The molecule has 0 unspecified atom stereocenters. The summed E-state index contributed by atoms with van der Waals surface area (Å²) in [4.78, 5) is 24.5. The Labute approximate surface area is 125 Å². The second kappa shape index (κ2) is 6.89. The van der Waals surface area contributed by atoms with Gasteiger partial charge in [0.15, 0.2) is 0 Å². The van der Waals surface area contributed by atoms with Gasteiger partial charge in [-0.1, -0.05) is 12.1 Å². The van der Waals surface area contributed by atoms with Crippen LogP contribution < -0.4 is 9.47 Å². The van der Waals surface area contributed by atoms with Gasteiger partial charge >= 0.3 is 18.0 Å². The lowest BCUT2D eigenvalue weighted by molar-refractivity contribution is 0.0597. The van der Waals surface area contributed by atoms with E-state index in [9.17, 15) is 4.79 Å². The maximum atomic E-state index is 11.7. The summed E-state index contributed by atoms with van der Waals surface area (Å²) in [6.45, 7) is 0. The molecule has 110 valence electrons. The Balaban J connectivity index is 2.36. The van der Waals surface area contributed by atoms with Gasteiger partial charge in [-0.05, 0) is 23.9 Å². The number of hydrogen-bond acceptors (Lipinski definition) is 8. The van der Waals surface area contributed by atoms with Gasteiger partial charge in [0.2, 0.25) is 5.16 Å². The van der Waals surface area contributed by atoms with Gasteiger partial charge in [-0.25, -0.2) is 4.79 Å². The van der Waals surface area contributed by atoms with Crippen molar-refractivity contribution in [1.82, 2.24) is 15.0 Å². The van der Waals surface area contributed by atoms with Crippen LogP contribution in [0.1, 0.15) is 10.4 Å². The van der Waals surface area contributed by atoms with Crippen molar-refractivity contribution >= 4 is 17.7 Å². The predicted molar refractivity (Wildman–Crippen MR) is 74.8 cm³/mol. The monoisotopic (exact) mass is 307 g/mol. The van der Waals surface area contributed by atoms with Crippen LogP contribution in [0.3, 0.4) is 0 Å². The van der Waals surface area contributed by atoms with Crippen LogP contribution in [-0.4, -0.2) is 42.3 Å². The highest BCUT2D eigenvalue weighted by molar-refractivity contribution is 7.99. The van der Waals surface area contributed by atoms with Crippen molar-refractivity contribution in [2.45, 2.75) is 10.1 Å². The lowest BCUT2D eigenvalue weighted by atomic mass is 10.2. The van der Waals surface area contributed by atoms with Crippen LogP contribution >= 0.6 is 11.8 Å². The van der Waals surface area contributed by atoms with Crippen LogP contribution in [-0.2, 0) is 4.74 Å². The van der Waals surface area contributed by atoms with E-state index < -0.39 is 5.97 Å². The van der Waals surface area contributed by atoms with E-state index >= 15 is 0 Å². The second-order valence-corrected chi connectivity index (χ2v) is 4.69. The van der Waals surface area contributed by atoms with Crippen LogP contribution in [0.5, 0.6) is 12.0 Å². The Morgan fingerprint density at radius 2 is 1.62 bits per heavy atom. The Hall–Kier alpha value is -2.35. The minimum Gasteiger partial charge on any atom is -0.467 e. The SMILES string of the molecule is COC(=O)c1ccccc1Sc1nc(OC)nc(OC)n1. The molecule has 0 saturated heterocycles. The Bertz CT molecular complexity index is 629. The van der Waals surface area contributed by atoms with Gasteiger partial charge in [0, 0.05) is 4.90 Å². The zero-order valence-corrected chi connectivity index (χ0v) is 12.5. The number of hydrogen-bond donors (Lipinski definition) is 0. The molecule has 0 aliphatic heterocycles. The standard InChI is InChI=1S/C13H13N3O4S/c1-18-10(17)8-6-4-5-7-9(8)21-13-15-11(19-2)14-12(16-13)20-3/h4-7H,1-3H3. The van der Waals surface area contributed by atoms with Gasteiger partial charge in [-0.2, -0.15) is 9.97 Å². The molecule has 0 amide bonds. The maximum Gasteiger partial charge on any atom is 0.339 e. The minimum absolute atomic E-state index is 0.139. The zero-order chi connectivity index (χ0) is 15.2. The molecule has 0 fully saturated rings. The van der Waals surface area contributed by atoms with Gasteiger partial charge < -0.3 is 14.2 Å². The summed E-state index contributed by atoms with van der Waals surface area (Å²) in [7, 11) is 4.23. The van der Waals surface area contributed by atoms with Crippen molar-refractivity contribution in [2.75, 3.05) is 21.3 Å². The Morgan fingerprint density at radius 1 is 1.00 bits per heavy atom. The van der Waals surface area contributed by atoms with Gasteiger partial charge in [-0.3, -0.25) is 0 Å². The molecular weight excluding hydrogens is 294 g/mol. The molecule has 1 heterocycles. The molecular formula is C13H13N3O4S. The third-order valence-electron chi connectivity index (χ3n) is 2.43. The first-order valence-corrected chi connectivity index (χ1v) is 6.68. The number of methoxy groups -OCH3 is 3. The average molecular weight is 307 g/mol. The first-order chi connectivity index (χ1) is 10.2. The van der Waals surface area contributed by atoms with Crippen molar-refractivity contribution in [3.63, 3.8) is 0 Å². The predicted octanol–water partition coefficient (Wildman–Crippen LogP) is 1.83. The largest absolute Gasteiger partial charge is 0.467 e. The summed E-state index contributed by atoms with van der Waals surface area (Å²) >= 11 is 1.19. The number of rotatable bonds is 5. The molecule has 1 aromatic carbocycles. The quantitative estimate of drug-likeness (QED) is 0.774. The third-order valence-corrected chi connectivity index (χ3v) is 3.37. The summed E-state index contributed by atoms with van der Waals surface area (Å²) < 4.78 is 14.7. The van der Waals surface area contributed by atoms with Crippen LogP contribution in [0, 0.1) is 0 Å². The van der Waals surface area contributed by atoms with E-state index in [0.717, 1.165) is 0 Å². The molecule has 0 bridgehead atoms. The van der Waals surface area contributed by atoms with E-state index in [1.54, 1.807) is 18.2 Å². The zero-order valence-electron chi connectivity index (χ0n) is 11.7. The molecule has 21 heavy (non-hydrogen) atoms. The van der Waals surface area contributed by atoms with Gasteiger partial charge in [0.05, 0.1) is 26.9 Å². The summed E-state index contributed by atoms with van der Waals surface area (Å²) in [6.07, 6.45) is 0. The van der Waals surface area contributed by atoms with Crippen molar-refractivity contribution in [1.29, 1.82) is 0 Å². The number of nitrogens with zero attached hydrogens (tertiary/aromatic N) is 3. The molecule has 0 N–H and O–H groups in total. The highest BCUT2D eigenvalue weighted by atomic mass is 32.2. The lowest BCUT2D eigenvalue weighted by Gasteiger charge is -2.07. The van der Waals surface area contributed by atoms with E-state index in [0.29, 0.717) is 15.6 Å². The molecule has 2 aromatic rings. The fourth-order valence-electron chi connectivity index (χ4n) is 1.48. The van der Waals surface area contributed by atoms with Crippen LogP contribution in [0.2, 0.25) is 0 Å². The normalized spacial score (nSPS) is 10.0. The van der Waals surface area contributed by atoms with Crippen LogP contribution in [0.25, 0.3) is 0 Å². The van der Waals surface area contributed by atoms with Crippen molar-refractivity contribution < 1.29 is 19.0 Å². The van der Waals surface area contributed by atoms with E-state index in [2.05, 4.69) is 15.0 Å². The van der Waals surface area contributed by atoms with Gasteiger partial charge in [0.25, 0.3) is 0 Å². The number of esters is 1. The van der Waals surface area contributed by atoms with Crippen LogP contribution in [0.15, 0.2) is 34.3 Å². The van der Waals surface area contributed by atoms with E-state index in [1.165, 1.54) is 33.1 Å². The number of carbonyl (C=O) groups excluding carboxylic acids is 1.